The number of carbonyl (C=O) groups excluding carboxylic acids is 2. The summed E-state index contributed by atoms with van der Waals surface area (Å²) in [4.78, 5) is 42.5. The first-order chi connectivity index (χ1) is 13.8. The molecule has 8 heteroatoms. The van der Waals surface area contributed by atoms with Crippen LogP contribution in [0.25, 0.3) is 0 Å². The fourth-order valence-electron chi connectivity index (χ4n) is 3.29. The highest BCUT2D eigenvalue weighted by Crippen LogP contribution is 2.29. The van der Waals surface area contributed by atoms with Crippen LogP contribution in [0.1, 0.15) is 23.6 Å². The molecule has 3 rings (SSSR count). The number of carboxylic acid groups (broad SMARTS) is 1. The topological polar surface area (TPSA) is 111 Å². The van der Waals surface area contributed by atoms with Gasteiger partial charge in [0.1, 0.15) is 6.54 Å². The highest BCUT2D eigenvalue weighted by Gasteiger charge is 2.33. The molecule has 0 fully saturated rings. The van der Waals surface area contributed by atoms with Gasteiger partial charge in [0, 0.05) is 17.0 Å². The molecule has 0 saturated carbocycles. The van der Waals surface area contributed by atoms with Crippen LogP contribution in [0, 0.1) is 13.8 Å². The molecule has 150 valence electrons. The lowest BCUT2D eigenvalue weighted by Gasteiger charge is -2.25. The number of benzodiazepines with no additional fused rings is 1. The molecular weight excluding hydrogens is 372 g/mol. The molecule has 1 heterocycles. The number of nitrogens with zero attached hydrogens (tertiary/aromatic N) is 2. The number of benzene rings is 2. The van der Waals surface area contributed by atoms with Crippen LogP contribution in [0.3, 0.4) is 0 Å². The first-order valence-corrected chi connectivity index (χ1v) is 9.08. The second-order valence-corrected chi connectivity index (χ2v) is 6.87. The van der Waals surface area contributed by atoms with Crippen molar-refractivity contribution in [1.29, 1.82) is 0 Å². The Morgan fingerprint density at radius 2 is 1.86 bits per heavy atom. The Morgan fingerprint density at radius 1 is 1.14 bits per heavy atom. The van der Waals surface area contributed by atoms with E-state index in [0.29, 0.717) is 22.6 Å². The van der Waals surface area contributed by atoms with Crippen LogP contribution >= 0.6 is 0 Å². The minimum atomic E-state index is -1.24. The third-order valence-corrected chi connectivity index (χ3v) is 4.56. The molecule has 0 aliphatic carbocycles. The monoisotopic (exact) mass is 394 g/mol. The van der Waals surface area contributed by atoms with Crippen molar-refractivity contribution in [3.8, 4) is 0 Å². The van der Waals surface area contributed by atoms with Gasteiger partial charge in [0.15, 0.2) is 0 Å². The van der Waals surface area contributed by atoms with E-state index in [1.165, 1.54) is 0 Å². The van der Waals surface area contributed by atoms with Gasteiger partial charge >= 0.3 is 12.0 Å². The van der Waals surface area contributed by atoms with Crippen molar-refractivity contribution < 1.29 is 19.5 Å². The molecule has 2 aromatic rings. The predicted octanol–water partition coefficient (Wildman–Crippen LogP) is 2.69. The molecule has 0 radical (unpaired) electrons. The van der Waals surface area contributed by atoms with E-state index >= 15 is 0 Å². The third kappa shape index (κ3) is 4.43. The molecule has 8 nitrogen and oxygen atoms in total. The zero-order valence-electron chi connectivity index (χ0n) is 16.4. The quantitative estimate of drug-likeness (QED) is 0.740. The number of urea groups is 1. The van der Waals surface area contributed by atoms with Gasteiger partial charge in [-0.15, -0.1) is 0 Å². The first kappa shape index (κ1) is 20.1. The van der Waals surface area contributed by atoms with Crippen molar-refractivity contribution in [3.05, 3.63) is 59.2 Å². The maximum Gasteiger partial charge on any atom is 0.323 e. The van der Waals surface area contributed by atoms with Crippen LogP contribution in [0.4, 0.5) is 16.2 Å². The summed E-state index contributed by atoms with van der Waals surface area (Å²) in [6.07, 6.45) is -1.24. The minimum absolute atomic E-state index is 0.490. The molecule has 0 unspecified atom stereocenters. The Bertz CT molecular complexity index is 1020. The number of anilines is 2. The normalized spacial score (nSPS) is 15.8. The van der Waals surface area contributed by atoms with Crippen LogP contribution in [-0.4, -0.2) is 41.4 Å². The van der Waals surface area contributed by atoms with Crippen molar-refractivity contribution >= 4 is 35.0 Å². The van der Waals surface area contributed by atoms with Gasteiger partial charge in [0.05, 0.1) is 5.69 Å². The Balaban J connectivity index is 1.91. The summed E-state index contributed by atoms with van der Waals surface area (Å²) in [6, 6.07) is 12.0. The van der Waals surface area contributed by atoms with E-state index in [-0.39, 0.29) is 0 Å². The van der Waals surface area contributed by atoms with E-state index in [4.69, 9.17) is 0 Å². The molecule has 29 heavy (non-hydrogen) atoms. The highest BCUT2D eigenvalue weighted by molar-refractivity contribution is 6.14. The van der Waals surface area contributed by atoms with Crippen molar-refractivity contribution in [3.63, 3.8) is 0 Å². The van der Waals surface area contributed by atoms with Crippen LogP contribution in [-0.2, 0) is 9.59 Å². The summed E-state index contributed by atoms with van der Waals surface area (Å²) in [7, 11) is 0. The summed E-state index contributed by atoms with van der Waals surface area (Å²) in [5.74, 6) is -1.77. The number of nitrogens with one attached hydrogen (secondary N) is 2. The Kier molecular flexibility index (Phi) is 5.63. The van der Waals surface area contributed by atoms with Gasteiger partial charge in [-0.1, -0.05) is 30.3 Å². The van der Waals surface area contributed by atoms with Crippen LogP contribution < -0.4 is 15.5 Å². The second-order valence-electron chi connectivity index (χ2n) is 6.87. The lowest BCUT2D eigenvalue weighted by Crippen LogP contribution is -2.50. The number of hydrogen-bond donors (Lipinski definition) is 3. The van der Waals surface area contributed by atoms with Gasteiger partial charge in [-0.3, -0.25) is 19.5 Å². The molecular formula is C21H22N4O4. The number of carbonyl (C=O) groups is 3. The standard InChI is InChI=1S/C21H22N4O4/c1-12-6-4-8-15(10-12)23-21(29)24-19-20(28)25(11-17(26)27)18-13(2)7-5-9-16(18)14(3)22-19/h4-10,19H,11H2,1-3H3,(H,26,27)(H2,23,24,29)/t19-/m0/s1. The summed E-state index contributed by atoms with van der Waals surface area (Å²) in [6.45, 7) is 4.89. The predicted molar refractivity (Wildman–Crippen MR) is 111 cm³/mol. The lowest BCUT2D eigenvalue weighted by molar-refractivity contribution is -0.136. The maximum absolute atomic E-state index is 13.1. The molecule has 3 N–H and O–H groups in total. The number of fused-ring (bicyclic) bond motifs is 1. The molecule has 3 amide bonds. The third-order valence-electron chi connectivity index (χ3n) is 4.56. The SMILES string of the molecule is CC1=N[C@@H](NC(=O)Nc2cccc(C)c2)C(=O)N(CC(=O)O)c2c(C)cccc21. The zero-order chi connectivity index (χ0) is 21.1. The average molecular weight is 394 g/mol. The molecule has 0 spiro atoms. The number of hydrogen-bond acceptors (Lipinski definition) is 4. The fraction of sp³-hybridized carbons (Fsp3) is 0.238. The summed E-state index contributed by atoms with van der Waals surface area (Å²) in [5, 5.41) is 14.5. The molecule has 1 atom stereocenters. The van der Waals surface area contributed by atoms with Gasteiger partial charge in [-0.25, -0.2) is 4.79 Å². The Morgan fingerprint density at radius 3 is 2.55 bits per heavy atom. The van der Waals surface area contributed by atoms with Gasteiger partial charge in [0.25, 0.3) is 5.91 Å². The Hall–Kier alpha value is -3.68. The van der Waals surface area contributed by atoms with Gasteiger partial charge in [-0.2, -0.15) is 0 Å². The largest absolute Gasteiger partial charge is 0.480 e. The molecule has 0 aromatic heterocycles. The number of rotatable bonds is 4. The Labute approximate surface area is 168 Å². The summed E-state index contributed by atoms with van der Waals surface area (Å²) >= 11 is 0. The van der Waals surface area contributed by atoms with E-state index in [0.717, 1.165) is 16.0 Å². The molecule has 1 aliphatic rings. The molecule has 0 bridgehead atoms. The molecule has 0 saturated heterocycles. The minimum Gasteiger partial charge on any atom is -0.480 e. The first-order valence-electron chi connectivity index (χ1n) is 9.08. The fourth-order valence-corrected chi connectivity index (χ4v) is 3.29. The van der Waals surface area contributed by atoms with Gasteiger partial charge < -0.3 is 15.7 Å². The van der Waals surface area contributed by atoms with Crippen molar-refractivity contribution in [2.24, 2.45) is 4.99 Å². The summed E-state index contributed by atoms with van der Waals surface area (Å²) in [5.41, 5.74) is 3.97. The van der Waals surface area contributed by atoms with Gasteiger partial charge in [-0.05, 0) is 44.0 Å². The maximum atomic E-state index is 13.1. The van der Waals surface area contributed by atoms with Crippen molar-refractivity contribution in [1.82, 2.24) is 5.32 Å². The van der Waals surface area contributed by atoms with Crippen molar-refractivity contribution in [2.45, 2.75) is 26.9 Å². The van der Waals surface area contributed by atoms with E-state index in [9.17, 15) is 19.5 Å². The smallest absolute Gasteiger partial charge is 0.323 e. The van der Waals surface area contributed by atoms with Crippen LogP contribution in [0.2, 0.25) is 0 Å². The zero-order valence-corrected chi connectivity index (χ0v) is 16.4. The van der Waals surface area contributed by atoms with Crippen molar-refractivity contribution in [2.75, 3.05) is 16.8 Å². The van der Waals surface area contributed by atoms with Crippen LogP contribution in [0.15, 0.2) is 47.5 Å². The number of amides is 3. The highest BCUT2D eigenvalue weighted by atomic mass is 16.4. The molecule has 2 aromatic carbocycles. The van der Waals surface area contributed by atoms with Crippen LogP contribution in [0.5, 0.6) is 0 Å². The van der Waals surface area contributed by atoms with E-state index in [1.807, 2.05) is 19.1 Å². The van der Waals surface area contributed by atoms with E-state index in [2.05, 4.69) is 15.6 Å². The lowest BCUT2D eigenvalue weighted by atomic mass is 10.0. The molecule has 1 aliphatic heterocycles. The van der Waals surface area contributed by atoms with E-state index in [1.54, 1.807) is 44.2 Å². The second kappa shape index (κ2) is 8.14. The number of para-hydroxylation sites is 1. The summed E-state index contributed by atoms with van der Waals surface area (Å²) < 4.78 is 0. The number of aliphatic carboxylic acids is 1. The van der Waals surface area contributed by atoms with E-state index < -0.39 is 30.6 Å². The number of aliphatic imine (C=N–C) groups is 1. The van der Waals surface area contributed by atoms with Gasteiger partial charge in [0.2, 0.25) is 6.17 Å². The average Bonchev–Trinajstić information content (AvgIpc) is 2.73. The number of aryl methyl sites for hydroxylation is 2. The number of carboxylic acids is 1.